The summed E-state index contributed by atoms with van der Waals surface area (Å²) >= 11 is 0. The molecule has 1 N–H and O–H groups in total. The van der Waals surface area contributed by atoms with Crippen molar-refractivity contribution in [1.29, 1.82) is 0 Å². The first-order valence-corrected chi connectivity index (χ1v) is 9.46. The molecule has 2 rings (SSSR count). The summed E-state index contributed by atoms with van der Waals surface area (Å²) in [7, 11) is 0. The first kappa shape index (κ1) is 22.1. The number of carbonyl (C=O) groups excluding carboxylic acids is 3. The first-order valence-electron chi connectivity index (χ1n) is 9.46. The van der Waals surface area contributed by atoms with E-state index in [1.165, 1.54) is 6.92 Å². The normalized spacial score (nSPS) is 11.4. The predicted molar refractivity (Wildman–Crippen MR) is 110 cm³/mol. The van der Waals surface area contributed by atoms with Gasteiger partial charge in [-0.25, -0.2) is 4.79 Å². The monoisotopic (exact) mass is 397 g/mol. The van der Waals surface area contributed by atoms with E-state index < -0.39 is 24.5 Å². The van der Waals surface area contributed by atoms with Crippen molar-refractivity contribution in [2.45, 2.75) is 40.2 Å². The second kappa shape index (κ2) is 10.4. The average molecular weight is 397 g/mol. The molecule has 0 heterocycles. The van der Waals surface area contributed by atoms with Crippen molar-refractivity contribution < 1.29 is 23.9 Å². The van der Waals surface area contributed by atoms with Crippen molar-refractivity contribution in [2.75, 3.05) is 13.2 Å². The maximum atomic E-state index is 12.1. The van der Waals surface area contributed by atoms with E-state index in [0.29, 0.717) is 12.2 Å². The Morgan fingerprint density at radius 1 is 0.966 bits per heavy atom. The number of ketones is 1. The minimum Gasteiger partial charge on any atom is -0.481 e. The Kier molecular flexibility index (Phi) is 7.95. The number of amides is 1. The molecule has 2 aromatic rings. The van der Waals surface area contributed by atoms with Gasteiger partial charge in [0.1, 0.15) is 5.75 Å². The highest BCUT2D eigenvalue weighted by atomic mass is 16.6. The summed E-state index contributed by atoms with van der Waals surface area (Å²) < 4.78 is 10.5. The lowest BCUT2D eigenvalue weighted by molar-refractivity contribution is -0.150. The van der Waals surface area contributed by atoms with Crippen molar-refractivity contribution >= 4 is 17.7 Å². The third kappa shape index (κ3) is 7.07. The van der Waals surface area contributed by atoms with Gasteiger partial charge < -0.3 is 14.8 Å². The van der Waals surface area contributed by atoms with Gasteiger partial charge in [-0.3, -0.25) is 9.59 Å². The van der Waals surface area contributed by atoms with Crippen LogP contribution in [0.3, 0.4) is 0 Å². The summed E-state index contributed by atoms with van der Waals surface area (Å²) in [5.74, 6) is -0.710. The molecule has 1 atom stereocenters. The lowest BCUT2D eigenvalue weighted by atomic mass is 10.0. The Bertz CT molecular complexity index is 853. The largest absolute Gasteiger partial charge is 0.481 e. The number of benzene rings is 2. The highest BCUT2D eigenvalue weighted by Gasteiger charge is 2.19. The number of esters is 1. The summed E-state index contributed by atoms with van der Waals surface area (Å²) in [4.78, 5) is 35.8. The summed E-state index contributed by atoms with van der Waals surface area (Å²) in [5, 5.41) is 2.61. The van der Waals surface area contributed by atoms with Crippen LogP contribution in [-0.4, -0.2) is 36.9 Å². The zero-order chi connectivity index (χ0) is 21.4. The molecule has 0 aliphatic heterocycles. The lowest BCUT2D eigenvalue weighted by Crippen LogP contribution is -2.43. The fourth-order valence-electron chi connectivity index (χ4n) is 3.10. The summed E-state index contributed by atoms with van der Waals surface area (Å²) in [6.07, 6.45) is 0.380. The molecule has 0 saturated carbocycles. The third-order valence-corrected chi connectivity index (χ3v) is 4.41. The van der Waals surface area contributed by atoms with Crippen LogP contribution in [-0.2, 0) is 25.5 Å². The van der Waals surface area contributed by atoms with E-state index in [1.807, 2.05) is 63.2 Å². The second-order valence-electron chi connectivity index (χ2n) is 7.10. The van der Waals surface area contributed by atoms with Gasteiger partial charge in [-0.2, -0.15) is 0 Å². The third-order valence-electron chi connectivity index (χ3n) is 4.41. The molecule has 0 saturated heterocycles. The van der Waals surface area contributed by atoms with Crippen LogP contribution in [0.5, 0.6) is 5.75 Å². The van der Waals surface area contributed by atoms with Crippen LogP contribution in [0.2, 0.25) is 0 Å². The second-order valence-corrected chi connectivity index (χ2v) is 7.10. The van der Waals surface area contributed by atoms with Gasteiger partial charge in [0.05, 0.1) is 6.04 Å². The van der Waals surface area contributed by atoms with Gasteiger partial charge in [-0.15, -0.1) is 0 Å². The van der Waals surface area contributed by atoms with Crippen LogP contribution in [0, 0.1) is 20.8 Å². The van der Waals surface area contributed by atoms with Crippen molar-refractivity contribution in [1.82, 2.24) is 5.32 Å². The molecule has 0 fully saturated rings. The van der Waals surface area contributed by atoms with Gasteiger partial charge in [0.2, 0.25) is 0 Å². The zero-order valence-corrected chi connectivity index (χ0v) is 17.3. The Morgan fingerprint density at radius 2 is 1.59 bits per heavy atom. The van der Waals surface area contributed by atoms with Gasteiger partial charge in [0.15, 0.2) is 19.0 Å². The number of hydrogen-bond acceptors (Lipinski definition) is 5. The van der Waals surface area contributed by atoms with Crippen LogP contribution in [0.15, 0.2) is 42.5 Å². The molecule has 29 heavy (non-hydrogen) atoms. The molecule has 0 radical (unpaired) electrons. The molecule has 1 amide bonds. The summed E-state index contributed by atoms with van der Waals surface area (Å²) in [6.45, 7) is 6.46. The number of rotatable bonds is 9. The van der Waals surface area contributed by atoms with Gasteiger partial charge in [-0.05, 0) is 50.8 Å². The van der Waals surface area contributed by atoms with Gasteiger partial charge >= 0.3 is 5.97 Å². The molecule has 154 valence electrons. The molecule has 0 bridgehead atoms. The van der Waals surface area contributed by atoms with Crippen molar-refractivity contribution in [3.05, 3.63) is 64.7 Å². The Balaban J connectivity index is 1.81. The van der Waals surface area contributed by atoms with Crippen LogP contribution in [0.4, 0.5) is 0 Å². The molecule has 0 aliphatic carbocycles. The molecule has 6 heteroatoms. The van der Waals surface area contributed by atoms with Crippen LogP contribution in [0.1, 0.15) is 29.2 Å². The number of aryl methyl sites for hydroxylation is 3. The van der Waals surface area contributed by atoms with Crippen LogP contribution in [0.25, 0.3) is 0 Å². The zero-order valence-electron chi connectivity index (χ0n) is 17.3. The SMILES string of the molecule is CC(=O)[C@H](Cc1ccccc1)NC(=O)COC(=O)COc1c(C)cc(C)cc1C. The van der Waals surface area contributed by atoms with E-state index in [-0.39, 0.29) is 12.4 Å². The number of Topliss-reactive ketones (excluding diaryl/α,β-unsaturated/α-hetero) is 1. The Morgan fingerprint density at radius 3 is 2.17 bits per heavy atom. The summed E-state index contributed by atoms with van der Waals surface area (Å²) in [5.41, 5.74) is 3.90. The molecular weight excluding hydrogens is 370 g/mol. The van der Waals surface area contributed by atoms with Crippen LogP contribution >= 0.6 is 0 Å². The molecule has 0 aromatic heterocycles. The van der Waals surface area contributed by atoms with E-state index >= 15 is 0 Å². The van der Waals surface area contributed by atoms with E-state index in [2.05, 4.69) is 5.32 Å². The van der Waals surface area contributed by atoms with Crippen LogP contribution < -0.4 is 10.1 Å². The van der Waals surface area contributed by atoms with E-state index in [0.717, 1.165) is 22.3 Å². The standard InChI is InChI=1S/C23H27NO5/c1-15-10-16(2)23(17(3)11-15)29-14-22(27)28-13-21(26)24-20(18(4)25)12-19-8-6-5-7-9-19/h5-11,20H,12-14H2,1-4H3,(H,24,26)/t20-/m0/s1. The highest BCUT2D eigenvalue weighted by molar-refractivity contribution is 5.88. The molecule has 0 aliphatic rings. The fraction of sp³-hybridized carbons (Fsp3) is 0.348. The van der Waals surface area contributed by atoms with E-state index in [4.69, 9.17) is 9.47 Å². The Hall–Kier alpha value is -3.15. The van der Waals surface area contributed by atoms with Gasteiger partial charge in [0.25, 0.3) is 5.91 Å². The topological polar surface area (TPSA) is 81.7 Å². The van der Waals surface area contributed by atoms with Gasteiger partial charge in [-0.1, -0.05) is 48.0 Å². The molecular formula is C23H27NO5. The highest BCUT2D eigenvalue weighted by Crippen LogP contribution is 2.24. The molecule has 0 spiro atoms. The lowest BCUT2D eigenvalue weighted by Gasteiger charge is -2.16. The predicted octanol–water partition coefficient (Wildman–Crippen LogP) is 2.85. The van der Waals surface area contributed by atoms with Gasteiger partial charge in [0, 0.05) is 0 Å². The van der Waals surface area contributed by atoms with Crippen molar-refractivity contribution in [2.24, 2.45) is 0 Å². The first-order chi connectivity index (χ1) is 13.8. The number of ether oxygens (including phenoxy) is 2. The average Bonchev–Trinajstić information content (AvgIpc) is 2.65. The van der Waals surface area contributed by atoms with Crippen molar-refractivity contribution in [3.8, 4) is 5.75 Å². The Labute approximate surface area is 171 Å². The van der Waals surface area contributed by atoms with Crippen molar-refractivity contribution in [3.63, 3.8) is 0 Å². The fourth-order valence-corrected chi connectivity index (χ4v) is 3.10. The number of hydrogen-bond donors (Lipinski definition) is 1. The molecule has 0 unspecified atom stereocenters. The van der Waals surface area contributed by atoms with E-state index in [9.17, 15) is 14.4 Å². The minimum atomic E-state index is -0.669. The number of carbonyl (C=O) groups is 3. The number of nitrogens with one attached hydrogen (secondary N) is 1. The quantitative estimate of drug-likeness (QED) is 0.658. The van der Waals surface area contributed by atoms with E-state index in [1.54, 1.807) is 0 Å². The maximum Gasteiger partial charge on any atom is 0.344 e. The minimum absolute atomic E-state index is 0.165. The smallest absolute Gasteiger partial charge is 0.344 e. The molecule has 6 nitrogen and oxygen atoms in total. The maximum absolute atomic E-state index is 12.1. The summed E-state index contributed by atoms with van der Waals surface area (Å²) in [6, 6.07) is 12.7. The molecule has 2 aromatic carbocycles.